The monoisotopic (exact) mass is 737 g/mol. The van der Waals surface area contributed by atoms with E-state index in [2.05, 4.69) is 227 Å². The molecule has 0 saturated carbocycles. The van der Waals surface area contributed by atoms with Crippen LogP contribution in [0.2, 0.25) is 0 Å². The van der Waals surface area contributed by atoms with Gasteiger partial charge in [0.05, 0.1) is 44.9 Å². The predicted molar refractivity (Wildman–Crippen MR) is 240 cm³/mol. The molecule has 0 radical (unpaired) electrons. The Morgan fingerprint density at radius 2 is 0.759 bits per heavy atom. The van der Waals surface area contributed by atoms with Gasteiger partial charge in [0.1, 0.15) is 0 Å². The Hall–Kier alpha value is -7.62. The van der Waals surface area contributed by atoms with Crippen LogP contribution < -0.4 is 9.80 Å². The topological polar surface area (TPSA) is 11.4 Å². The lowest BCUT2D eigenvalue weighted by molar-refractivity contribution is 0.793. The van der Waals surface area contributed by atoms with Crippen molar-refractivity contribution in [3.63, 3.8) is 0 Å². The van der Waals surface area contributed by atoms with Crippen molar-refractivity contribution in [1.82, 2.24) is 4.57 Å². The van der Waals surface area contributed by atoms with Crippen molar-refractivity contribution < 1.29 is 0 Å². The van der Waals surface area contributed by atoms with Gasteiger partial charge in [0.25, 0.3) is 0 Å². The lowest BCUT2D eigenvalue weighted by Crippen LogP contribution is -2.27. The predicted octanol–water partition coefficient (Wildman–Crippen LogP) is 14.4. The molecule has 2 aliphatic carbocycles. The number of hydrogen-bond donors (Lipinski definition) is 0. The van der Waals surface area contributed by atoms with E-state index < -0.39 is 5.41 Å². The smallest absolute Gasteiger partial charge is 0.0727 e. The lowest BCUT2D eigenvalue weighted by atomic mass is 9.70. The second-order valence-corrected chi connectivity index (χ2v) is 15.6. The molecule has 10 aromatic rings. The van der Waals surface area contributed by atoms with Crippen LogP contribution in [0.25, 0.3) is 49.7 Å². The normalized spacial score (nSPS) is 13.9. The average Bonchev–Trinajstić information content (AvgIpc) is 3.90. The Morgan fingerprint density at radius 3 is 1.36 bits per heavy atom. The first kappa shape index (κ1) is 31.6. The van der Waals surface area contributed by atoms with E-state index in [4.69, 9.17) is 0 Å². The molecule has 0 bridgehead atoms. The van der Waals surface area contributed by atoms with Gasteiger partial charge in [-0.15, -0.1) is 0 Å². The first-order valence-corrected chi connectivity index (χ1v) is 20.1. The van der Waals surface area contributed by atoms with E-state index in [1.54, 1.807) is 0 Å². The van der Waals surface area contributed by atoms with Gasteiger partial charge in [-0.25, -0.2) is 0 Å². The zero-order chi connectivity index (χ0) is 38.0. The van der Waals surface area contributed by atoms with Crippen LogP contribution in [0.15, 0.2) is 212 Å². The first-order valence-electron chi connectivity index (χ1n) is 20.1. The molecule has 3 nitrogen and oxygen atoms in total. The number of nitrogens with zero attached hydrogens (tertiary/aromatic N) is 3. The number of fused-ring (bicyclic) bond motifs is 15. The number of para-hydroxylation sites is 7. The molecule has 58 heavy (non-hydrogen) atoms. The highest BCUT2D eigenvalue weighted by Gasteiger charge is 2.52. The van der Waals surface area contributed by atoms with Crippen molar-refractivity contribution >= 4 is 55.9 Å². The van der Waals surface area contributed by atoms with Gasteiger partial charge in [-0.1, -0.05) is 146 Å². The summed E-state index contributed by atoms with van der Waals surface area (Å²) in [6.45, 7) is 0. The van der Waals surface area contributed by atoms with Crippen LogP contribution in [0.3, 0.4) is 0 Å². The summed E-state index contributed by atoms with van der Waals surface area (Å²) in [5, 5.41) is 2.53. The third kappa shape index (κ3) is 3.97. The minimum absolute atomic E-state index is 0.520. The molecule has 3 aliphatic rings. The number of benzene rings is 9. The summed E-state index contributed by atoms with van der Waals surface area (Å²) in [4.78, 5) is 4.87. The molecule has 0 unspecified atom stereocenters. The van der Waals surface area contributed by atoms with Crippen LogP contribution in [-0.4, -0.2) is 4.57 Å². The van der Waals surface area contributed by atoms with E-state index in [0.717, 1.165) is 34.1 Å². The Labute approximate surface area is 336 Å². The maximum absolute atomic E-state index is 2.51. The third-order valence-electron chi connectivity index (χ3n) is 12.9. The van der Waals surface area contributed by atoms with E-state index in [1.807, 2.05) is 0 Å². The van der Waals surface area contributed by atoms with Gasteiger partial charge in [-0.2, -0.15) is 0 Å². The summed E-state index contributed by atoms with van der Waals surface area (Å²) in [7, 11) is 0. The number of hydrogen-bond acceptors (Lipinski definition) is 2. The third-order valence-corrected chi connectivity index (χ3v) is 12.9. The van der Waals surface area contributed by atoms with E-state index >= 15 is 0 Å². The van der Waals surface area contributed by atoms with Crippen molar-refractivity contribution in [1.29, 1.82) is 0 Å². The summed E-state index contributed by atoms with van der Waals surface area (Å²) >= 11 is 0. The van der Waals surface area contributed by atoms with E-state index in [-0.39, 0.29) is 0 Å². The fourth-order valence-corrected chi connectivity index (χ4v) is 10.7. The highest BCUT2D eigenvalue weighted by molar-refractivity contribution is 6.11. The average molecular weight is 738 g/mol. The van der Waals surface area contributed by atoms with Crippen LogP contribution >= 0.6 is 0 Å². The van der Waals surface area contributed by atoms with Crippen molar-refractivity contribution in [2.75, 3.05) is 9.80 Å². The Kier molecular flexibility index (Phi) is 6.37. The fraction of sp³-hybridized carbons (Fsp3) is 0.0182. The Balaban J connectivity index is 1.13. The van der Waals surface area contributed by atoms with Crippen LogP contribution in [0, 0.1) is 0 Å². The Morgan fingerprint density at radius 1 is 0.293 bits per heavy atom. The highest BCUT2D eigenvalue weighted by atomic mass is 15.3. The molecule has 1 spiro atoms. The standard InChI is InChI=1S/C55H35N3/c1-2-17-36(18-3-1)56-49-28-12-14-30-51(49)57(52-31-15-13-29-50(52)56)37-33-34-42-46(35-37)55(43-23-8-4-19-38(43)39-20-5-9-24-44(39)55)45-25-16-32-53(54(42)45)58-47-26-10-6-21-40(47)41-22-7-11-27-48(41)58/h1-35H. The molecular weight excluding hydrogens is 703 g/mol. The number of rotatable bonds is 3. The van der Waals surface area contributed by atoms with E-state index in [1.165, 1.54) is 72.0 Å². The molecule has 0 amide bonds. The van der Waals surface area contributed by atoms with Crippen LogP contribution in [-0.2, 0) is 5.41 Å². The van der Waals surface area contributed by atoms with E-state index in [0.29, 0.717) is 0 Å². The minimum Gasteiger partial charge on any atom is -0.309 e. The molecule has 270 valence electrons. The van der Waals surface area contributed by atoms with Crippen LogP contribution in [0.4, 0.5) is 34.1 Å². The van der Waals surface area contributed by atoms with Gasteiger partial charge in [-0.05, 0) is 106 Å². The largest absolute Gasteiger partial charge is 0.309 e. The maximum Gasteiger partial charge on any atom is 0.0727 e. The second-order valence-electron chi connectivity index (χ2n) is 15.6. The molecule has 0 atom stereocenters. The van der Waals surface area contributed by atoms with Crippen molar-refractivity contribution in [2.45, 2.75) is 5.41 Å². The fourth-order valence-electron chi connectivity index (χ4n) is 10.7. The maximum atomic E-state index is 2.51. The van der Waals surface area contributed by atoms with Gasteiger partial charge < -0.3 is 14.4 Å². The van der Waals surface area contributed by atoms with Crippen LogP contribution in [0.5, 0.6) is 0 Å². The zero-order valence-corrected chi connectivity index (χ0v) is 31.5. The molecule has 1 aromatic heterocycles. The van der Waals surface area contributed by atoms with Gasteiger partial charge in [0.2, 0.25) is 0 Å². The molecule has 0 fully saturated rings. The summed E-state index contributed by atoms with van der Waals surface area (Å²) in [6, 6.07) is 78.6. The highest BCUT2D eigenvalue weighted by Crippen LogP contribution is 2.65. The van der Waals surface area contributed by atoms with Crippen molar-refractivity contribution in [3.8, 4) is 27.9 Å². The molecule has 2 heterocycles. The molecule has 1 aliphatic heterocycles. The molecule has 0 N–H and O–H groups in total. The molecule has 13 rings (SSSR count). The minimum atomic E-state index is -0.520. The molecular formula is C55H35N3. The number of anilines is 6. The lowest BCUT2D eigenvalue weighted by Gasteiger charge is -2.40. The SMILES string of the molecule is c1ccc(N2c3ccccc3N(c3ccc4c(c3)C3(c5ccccc5-c5ccccc53)c3cccc(-n5c6ccccc6c6ccccc65)c3-4)c3ccccc32)cc1. The Bertz CT molecular complexity index is 3170. The molecule has 9 aromatic carbocycles. The molecule has 0 saturated heterocycles. The first-order chi connectivity index (χ1) is 28.8. The second kappa shape index (κ2) is 11.7. The zero-order valence-electron chi connectivity index (χ0n) is 31.5. The quantitative estimate of drug-likeness (QED) is 0.179. The summed E-state index contributed by atoms with van der Waals surface area (Å²) < 4.78 is 2.50. The summed E-state index contributed by atoms with van der Waals surface area (Å²) in [5.41, 5.74) is 20.5. The van der Waals surface area contributed by atoms with Gasteiger partial charge >= 0.3 is 0 Å². The van der Waals surface area contributed by atoms with Gasteiger partial charge in [0.15, 0.2) is 0 Å². The van der Waals surface area contributed by atoms with Gasteiger partial charge in [0, 0.05) is 27.7 Å². The van der Waals surface area contributed by atoms with E-state index in [9.17, 15) is 0 Å². The van der Waals surface area contributed by atoms with Crippen LogP contribution in [0.1, 0.15) is 22.3 Å². The summed E-state index contributed by atoms with van der Waals surface area (Å²) in [5.74, 6) is 0. The van der Waals surface area contributed by atoms with Crippen molar-refractivity contribution in [2.24, 2.45) is 0 Å². The summed E-state index contributed by atoms with van der Waals surface area (Å²) in [6.07, 6.45) is 0. The van der Waals surface area contributed by atoms with Gasteiger partial charge in [-0.3, -0.25) is 0 Å². The number of aromatic nitrogens is 1. The van der Waals surface area contributed by atoms with Crippen molar-refractivity contribution in [3.05, 3.63) is 235 Å². The molecule has 3 heteroatoms.